The van der Waals surface area contributed by atoms with Crippen LogP contribution in [0.15, 0.2) is 30.3 Å². The van der Waals surface area contributed by atoms with Crippen molar-refractivity contribution >= 4 is 0 Å². The molecule has 0 amide bonds. The van der Waals surface area contributed by atoms with Crippen molar-refractivity contribution in [2.75, 3.05) is 0 Å². The van der Waals surface area contributed by atoms with E-state index in [2.05, 4.69) is 0 Å². The Hall–Kier alpha value is -0.850. The first kappa shape index (κ1) is 7.78. The van der Waals surface area contributed by atoms with Crippen molar-refractivity contribution in [3.63, 3.8) is 0 Å². The van der Waals surface area contributed by atoms with E-state index in [1.54, 1.807) is 0 Å². The summed E-state index contributed by atoms with van der Waals surface area (Å²) in [6, 6.07) is 9.47. The van der Waals surface area contributed by atoms with Crippen molar-refractivity contribution < 1.29 is 4.39 Å². The maximum atomic E-state index is 14.0. The topological polar surface area (TPSA) is 0 Å². The second-order valence-electron chi connectivity index (χ2n) is 3.71. The largest absolute Gasteiger partial charge is 0.238 e. The molecule has 2 atom stereocenters. The number of hydrogen-bond acceptors (Lipinski definition) is 0. The molecule has 0 bridgehead atoms. The van der Waals surface area contributed by atoms with Crippen LogP contribution < -0.4 is 0 Å². The summed E-state index contributed by atoms with van der Waals surface area (Å²) in [6.07, 6.45) is 0. The van der Waals surface area contributed by atoms with Gasteiger partial charge in [-0.05, 0) is 5.56 Å². The van der Waals surface area contributed by atoms with Gasteiger partial charge in [-0.1, -0.05) is 44.2 Å². The highest BCUT2D eigenvalue weighted by atomic mass is 19.1. The van der Waals surface area contributed by atoms with Crippen molar-refractivity contribution in [2.24, 2.45) is 11.8 Å². The fourth-order valence-electron chi connectivity index (χ4n) is 1.94. The molecule has 12 heavy (non-hydrogen) atoms. The predicted octanol–water partition coefficient (Wildman–Crippen LogP) is 3.14. The van der Waals surface area contributed by atoms with E-state index in [0.29, 0.717) is 0 Å². The van der Waals surface area contributed by atoms with E-state index >= 15 is 0 Å². The number of rotatable bonds is 1. The van der Waals surface area contributed by atoms with Crippen LogP contribution in [-0.2, 0) is 5.67 Å². The van der Waals surface area contributed by atoms with Crippen LogP contribution >= 0.6 is 0 Å². The second kappa shape index (κ2) is 2.32. The summed E-state index contributed by atoms with van der Waals surface area (Å²) in [5.74, 6) is 0.361. The van der Waals surface area contributed by atoms with Crippen LogP contribution in [0.3, 0.4) is 0 Å². The SMILES string of the molecule is CC1C(C)C1(F)c1ccccc1. The monoisotopic (exact) mass is 164 g/mol. The summed E-state index contributed by atoms with van der Waals surface area (Å²) in [4.78, 5) is 0. The van der Waals surface area contributed by atoms with Gasteiger partial charge in [0.25, 0.3) is 0 Å². The molecule has 0 nitrogen and oxygen atoms in total. The molecule has 1 aromatic rings. The Bertz CT molecular complexity index is 270. The maximum Gasteiger partial charge on any atom is 0.141 e. The first-order valence-electron chi connectivity index (χ1n) is 4.42. The molecule has 0 aromatic heterocycles. The van der Waals surface area contributed by atoms with Gasteiger partial charge >= 0.3 is 0 Å². The summed E-state index contributed by atoms with van der Waals surface area (Å²) < 4.78 is 14.0. The molecule has 2 unspecified atom stereocenters. The van der Waals surface area contributed by atoms with Gasteiger partial charge in [0.1, 0.15) is 5.67 Å². The summed E-state index contributed by atoms with van der Waals surface area (Å²) in [5, 5.41) is 0. The van der Waals surface area contributed by atoms with E-state index in [-0.39, 0.29) is 11.8 Å². The lowest BCUT2D eigenvalue weighted by Gasteiger charge is -2.06. The molecule has 1 fully saturated rings. The van der Waals surface area contributed by atoms with Gasteiger partial charge in [-0.2, -0.15) is 0 Å². The fraction of sp³-hybridized carbons (Fsp3) is 0.455. The summed E-state index contributed by atoms with van der Waals surface area (Å²) in [5.41, 5.74) is -0.202. The summed E-state index contributed by atoms with van der Waals surface area (Å²) in [6.45, 7) is 3.94. The molecule has 0 heterocycles. The van der Waals surface area contributed by atoms with Crippen molar-refractivity contribution in [1.29, 1.82) is 0 Å². The van der Waals surface area contributed by atoms with Crippen LogP contribution in [-0.4, -0.2) is 0 Å². The molecule has 64 valence electrons. The highest BCUT2D eigenvalue weighted by Gasteiger charge is 2.61. The Morgan fingerprint density at radius 2 is 1.58 bits per heavy atom. The molecule has 0 N–H and O–H groups in total. The third-order valence-electron chi connectivity index (χ3n) is 3.18. The van der Waals surface area contributed by atoms with Crippen LogP contribution in [0.1, 0.15) is 19.4 Å². The van der Waals surface area contributed by atoms with E-state index in [1.165, 1.54) is 0 Å². The van der Waals surface area contributed by atoms with Gasteiger partial charge in [0, 0.05) is 11.8 Å². The first-order chi connectivity index (χ1) is 5.67. The Morgan fingerprint density at radius 1 is 1.08 bits per heavy atom. The molecule has 1 heteroatoms. The molecular formula is C11H13F. The highest BCUT2D eigenvalue weighted by Crippen LogP contribution is 2.60. The lowest BCUT2D eigenvalue weighted by atomic mass is 10.1. The van der Waals surface area contributed by atoms with Crippen molar-refractivity contribution in [3.05, 3.63) is 35.9 Å². The lowest BCUT2D eigenvalue weighted by Crippen LogP contribution is -2.01. The minimum Gasteiger partial charge on any atom is -0.238 e. The van der Waals surface area contributed by atoms with E-state index in [4.69, 9.17) is 0 Å². The van der Waals surface area contributed by atoms with E-state index in [0.717, 1.165) is 5.56 Å². The Kier molecular flexibility index (Phi) is 1.50. The Balaban J connectivity index is 2.34. The minimum absolute atomic E-state index is 0.180. The number of benzene rings is 1. The third-order valence-corrected chi connectivity index (χ3v) is 3.18. The van der Waals surface area contributed by atoms with Crippen LogP contribution in [0.5, 0.6) is 0 Å². The zero-order valence-electron chi connectivity index (χ0n) is 7.42. The van der Waals surface area contributed by atoms with Gasteiger partial charge in [0.2, 0.25) is 0 Å². The number of alkyl halides is 1. The molecule has 1 saturated carbocycles. The normalized spacial score (nSPS) is 39.6. The van der Waals surface area contributed by atoms with Crippen LogP contribution in [0, 0.1) is 11.8 Å². The molecule has 0 aliphatic heterocycles. The molecule has 1 aliphatic rings. The van der Waals surface area contributed by atoms with Gasteiger partial charge in [-0.25, -0.2) is 4.39 Å². The quantitative estimate of drug-likeness (QED) is 0.598. The molecule has 0 saturated heterocycles. The lowest BCUT2D eigenvalue weighted by molar-refractivity contribution is 0.276. The molecule has 0 radical (unpaired) electrons. The van der Waals surface area contributed by atoms with Gasteiger partial charge in [-0.3, -0.25) is 0 Å². The number of hydrogen-bond donors (Lipinski definition) is 0. The van der Waals surface area contributed by atoms with Crippen molar-refractivity contribution in [3.8, 4) is 0 Å². The average molecular weight is 164 g/mol. The number of halogens is 1. The van der Waals surface area contributed by atoms with Crippen molar-refractivity contribution in [1.82, 2.24) is 0 Å². The predicted molar refractivity (Wildman–Crippen MR) is 47.6 cm³/mol. The highest BCUT2D eigenvalue weighted by molar-refractivity contribution is 5.31. The zero-order chi connectivity index (χ0) is 8.77. The van der Waals surface area contributed by atoms with E-state index in [9.17, 15) is 4.39 Å². The van der Waals surface area contributed by atoms with Gasteiger partial charge in [0.05, 0.1) is 0 Å². The van der Waals surface area contributed by atoms with Crippen LogP contribution in [0.2, 0.25) is 0 Å². The minimum atomic E-state index is -1.04. The molecule has 1 aliphatic carbocycles. The molecular weight excluding hydrogens is 151 g/mol. The van der Waals surface area contributed by atoms with Crippen LogP contribution in [0.4, 0.5) is 4.39 Å². The second-order valence-corrected chi connectivity index (χ2v) is 3.71. The Labute approximate surface area is 72.4 Å². The molecule has 1 aromatic carbocycles. The van der Waals surface area contributed by atoms with Crippen molar-refractivity contribution in [2.45, 2.75) is 19.5 Å². The van der Waals surface area contributed by atoms with Gasteiger partial charge < -0.3 is 0 Å². The molecule has 2 rings (SSSR count). The van der Waals surface area contributed by atoms with Crippen LogP contribution in [0.25, 0.3) is 0 Å². The Morgan fingerprint density at radius 3 is 2.00 bits per heavy atom. The first-order valence-corrected chi connectivity index (χ1v) is 4.42. The summed E-state index contributed by atoms with van der Waals surface area (Å²) >= 11 is 0. The van der Waals surface area contributed by atoms with Gasteiger partial charge in [0.15, 0.2) is 0 Å². The standard InChI is InChI=1S/C11H13F/c1-8-9(2)11(8,12)10-6-4-3-5-7-10/h3-9H,1-2H3. The smallest absolute Gasteiger partial charge is 0.141 e. The molecule has 0 spiro atoms. The van der Waals surface area contributed by atoms with E-state index < -0.39 is 5.67 Å². The summed E-state index contributed by atoms with van der Waals surface area (Å²) in [7, 11) is 0. The zero-order valence-corrected chi connectivity index (χ0v) is 7.42. The average Bonchev–Trinajstić information content (AvgIpc) is 2.60. The fourth-order valence-corrected chi connectivity index (χ4v) is 1.94. The van der Waals surface area contributed by atoms with Gasteiger partial charge in [-0.15, -0.1) is 0 Å². The third kappa shape index (κ3) is 0.825. The maximum absolute atomic E-state index is 14.0. The van der Waals surface area contributed by atoms with E-state index in [1.807, 2.05) is 44.2 Å².